The van der Waals surface area contributed by atoms with Crippen molar-refractivity contribution >= 4 is 34.3 Å². The number of hydrogen-bond acceptors (Lipinski definition) is 2. The van der Waals surface area contributed by atoms with Gasteiger partial charge in [0.05, 0.1) is 0 Å². The second-order valence-corrected chi connectivity index (χ2v) is 4.60. The van der Waals surface area contributed by atoms with Gasteiger partial charge in [-0.15, -0.1) is 11.6 Å². The van der Waals surface area contributed by atoms with E-state index in [0.717, 1.165) is 22.2 Å². The molecule has 0 bridgehead atoms. The molecule has 3 rings (SSSR count). The highest BCUT2D eigenvalue weighted by Crippen LogP contribution is 2.28. The van der Waals surface area contributed by atoms with Crippen LogP contribution in [0.15, 0.2) is 46.9 Å². The zero-order valence-electron chi connectivity index (χ0n) is 9.36. The predicted octanol–water partition coefficient (Wildman–Crippen LogP) is 4.89. The van der Waals surface area contributed by atoms with Gasteiger partial charge in [-0.05, 0) is 29.8 Å². The van der Waals surface area contributed by atoms with E-state index >= 15 is 0 Å². The summed E-state index contributed by atoms with van der Waals surface area (Å²) in [5.41, 5.74) is 3.36. The number of rotatable bonds is 2. The van der Waals surface area contributed by atoms with Gasteiger partial charge >= 0.3 is 0 Å². The summed E-state index contributed by atoms with van der Waals surface area (Å²) in [6.45, 7) is 0. The molecule has 0 aliphatic carbocycles. The maximum Gasteiger partial charge on any atom is 0.227 e. The van der Waals surface area contributed by atoms with E-state index in [4.69, 9.17) is 27.6 Å². The summed E-state index contributed by atoms with van der Waals surface area (Å²) in [5.74, 6) is 0.964. The Labute approximate surface area is 114 Å². The van der Waals surface area contributed by atoms with Gasteiger partial charge in [0.1, 0.15) is 5.52 Å². The lowest BCUT2D eigenvalue weighted by Crippen LogP contribution is -1.83. The van der Waals surface area contributed by atoms with E-state index in [-0.39, 0.29) is 0 Å². The Bertz CT molecular complexity index is 673. The molecule has 0 saturated heterocycles. The zero-order valence-corrected chi connectivity index (χ0v) is 10.9. The van der Waals surface area contributed by atoms with E-state index in [1.165, 1.54) is 0 Å². The highest BCUT2D eigenvalue weighted by molar-refractivity contribution is 6.32. The number of hydrogen-bond donors (Lipinski definition) is 0. The van der Waals surface area contributed by atoms with Gasteiger partial charge in [-0.3, -0.25) is 0 Å². The van der Waals surface area contributed by atoms with Gasteiger partial charge in [-0.25, -0.2) is 4.98 Å². The van der Waals surface area contributed by atoms with Gasteiger partial charge in [0.25, 0.3) is 0 Å². The van der Waals surface area contributed by atoms with Gasteiger partial charge in [-0.2, -0.15) is 0 Å². The summed E-state index contributed by atoms with van der Waals surface area (Å²) in [6, 6.07) is 13.3. The minimum Gasteiger partial charge on any atom is -0.436 e. The number of para-hydroxylation sites is 2. The summed E-state index contributed by atoms with van der Waals surface area (Å²) in [4.78, 5) is 4.42. The molecular formula is C14H9Cl2NO. The fourth-order valence-corrected chi connectivity index (χ4v) is 2.33. The molecule has 0 aliphatic rings. The molecule has 2 nitrogen and oxygen atoms in total. The largest absolute Gasteiger partial charge is 0.436 e. The molecule has 3 aromatic rings. The van der Waals surface area contributed by atoms with E-state index in [9.17, 15) is 0 Å². The normalized spacial score (nSPS) is 11.0. The van der Waals surface area contributed by atoms with E-state index in [2.05, 4.69) is 4.98 Å². The third kappa shape index (κ3) is 1.98. The summed E-state index contributed by atoms with van der Waals surface area (Å²) in [7, 11) is 0. The van der Waals surface area contributed by atoms with Crippen LogP contribution in [0.2, 0.25) is 5.02 Å². The lowest BCUT2D eigenvalue weighted by atomic mass is 10.1. The molecule has 18 heavy (non-hydrogen) atoms. The molecule has 0 saturated carbocycles. The fraction of sp³-hybridized carbons (Fsp3) is 0.0714. The van der Waals surface area contributed by atoms with Crippen molar-refractivity contribution in [3.05, 3.63) is 53.1 Å². The maximum absolute atomic E-state index is 6.12. The van der Waals surface area contributed by atoms with Crippen molar-refractivity contribution in [2.24, 2.45) is 0 Å². The fourth-order valence-electron chi connectivity index (χ4n) is 1.78. The van der Waals surface area contributed by atoms with E-state index in [0.29, 0.717) is 16.8 Å². The van der Waals surface area contributed by atoms with Crippen LogP contribution in [0, 0.1) is 0 Å². The van der Waals surface area contributed by atoms with Gasteiger partial charge in [0.2, 0.25) is 5.89 Å². The van der Waals surface area contributed by atoms with Crippen LogP contribution in [0.3, 0.4) is 0 Å². The third-order valence-corrected chi connectivity index (χ3v) is 3.38. The third-order valence-electron chi connectivity index (χ3n) is 2.74. The summed E-state index contributed by atoms with van der Waals surface area (Å²) >= 11 is 11.9. The smallest absolute Gasteiger partial charge is 0.227 e. The summed E-state index contributed by atoms with van der Waals surface area (Å²) in [5, 5.41) is 0.629. The highest BCUT2D eigenvalue weighted by atomic mass is 35.5. The van der Waals surface area contributed by atoms with E-state index in [1.54, 1.807) is 0 Å². The first kappa shape index (κ1) is 11.6. The Morgan fingerprint density at radius 3 is 2.67 bits per heavy atom. The standard InChI is InChI=1S/C14H9Cl2NO/c15-8-10-6-5-9(7-11(10)16)14-17-12-3-1-2-4-13(12)18-14/h1-7H,8H2. The number of alkyl halides is 1. The van der Waals surface area contributed by atoms with Crippen molar-refractivity contribution in [1.82, 2.24) is 4.98 Å². The quantitative estimate of drug-likeness (QED) is 0.624. The molecule has 0 aliphatic heterocycles. The average molecular weight is 278 g/mol. The van der Waals surface area contributed by atoms with Crippen LogP contribution in [0.25, 0.3) is 22.6 Å². The first-order valence-corrected chi connectivity index (χ1v) is 6.39. The molecule has 0 spiro atoms. The minimum atomic E-state index is 0.396. The number of nitrogens with zero attached hydrogens (tertiary/aromatic N) is 1. The number of oxazole rings is 1. The van der Waals surface area contributed by atoms with Crippen LogP contribution in [0.1, 0.15) is 5.56 Å². The van der Waals surface area contributed by atoms with Gasteiger partial charge < -0.3 is 4.42 Å². The molecular weight excluding hydrogens is 269 g/mol. The zero-order chi connectivity index (χ0) is 12.5. The topological polar surface area (TPSA) is 26.0 Å². The maximum atomic E-state index is 6.12. The average Bonchev–Trinajstić information content (AvgIpc) is 2.82. The van der Waals surface area contributed by atoms with Gasteiger partial charge in [0, 0.05) is 16.5 Å². The van der Waals surface area contributed by atoms with Crippen LogP contribution < -0.4 is 0 Å². The molecule has 1 heterocycles. The van der Waals surface area contributed by atoms with E-state index in [1.807, 2.05) is 42.5 Å². The minimum absolute atomic E-state index is 0.396. The number of aromatic nitrogens is 1. The number of halogens is 2. The van der Waals surface area contributed by atoms with Crippen LogP contribution >= 0.6 is 23.2 Å². The molecule has 4 heteroatoms. The molecule has 0 radical (unpaired) electrons. The Balaban J connectivity index is 2.11. The molecule has 0 atom stereocenters. The first-order chi connectivity index (χ1) is 8.78. The number of fused-ring (bicyclic) bond motifs is 1. The number of benzene rings is 2. The van der Waals surface area contributed by atoms with Gasteiger partial charge in [0.15, 0.2) is 5.58 Å². The second-order valence-electron chi connectivity index (χ2n) is 3.93. The first-order valence-electron chi connectivity index (χ1n) is 5.48. The van der Waals surface area contributed by atoms with Crippen molar-refractivity contribution in [2.75, 3.05) is 0 Å². The lowest BCUT2D eigenvalue weighted by molar-refractivity contribution is 0.620. The Morgan fingerprint density at radius 1 is 1.11 bits per heavy atom. The predicted molar refractivity (Wildman–Crippen MR) is 74.0 cm³/mol. The van der Waals surface area contributed by atoms with Crippen molar-refractivity contribution in [3.8, 4) is 11.5 Å². The van der Waals surface area contributed by atoms with Gasteiger partial charge in [-0.1, -0.05) is 29.8 Å². The van der Waals surface area contributed by atoms with Crippen molar-refractivity contribution in [1.29, 1.82) is 0 Å². The molecule has 0 unspecified atom stereocenters. The van der Waals surface area contributed by atoms with Crippen molar-refractivity contribution in [2.45, 2.75) is 5.88 Å². The summed E-state index contributed by atoms with van der Waals surface area (Å²) in [6.07, 6.45) is 0. The molecule has 0 fully saturated rings. The van der Waals surface area contributed by atoms with Crippen LogP contribution in [0.4, 0.5) is 0 Å². The lowest BCUT2D eigenvalue weighted by Gasteiger charge is -2.01. The van der Waals surface area contributed by atoms with Crippen molar-refractivity contribution < 1.29 is 4.42 Å². The molecule has 0 N–H and O–H groups in total. The van der Waals surface area contributed by atoms with Crippen LogP contribution in [0.5, 0.6) is 0 Å². The van der Waals surface area contributed by atoms with Crippen LogP contribution in [-0.4, -0.2) is 4.98 Å². The Kier molecular flexibility index (Phi) is 2.98. The highest BCUT2D eigenvalue weighted by Gasteiger charge is 2.09. The summed E-state index contributed by atoms with van der Waals surface area (Å²) < 4.78 is 5.68. The molecule has 90 valence electrons. The second kappa shape index (κ2) is 4.63. The molecule has 1 aromatic heterocycles. The molecule has 0 amide bonds. The Morgan fingerprint density at radius 2 is 1.94 bits per heavy atom. The van der Waals surface area contributed by atoms with Crippen LogP contribution in [-0.2, 0) is 5.88 Å². The monoisotopic (exact) mass is 277 g/mol. The Hall–Kier alpha value is -1.51. The molecule has 2 aromatic carbocycles. The SMILES string of the molecule is ClCc1ccc(-c2nc3ccccc3o2)cc1Cl. The van der Waals surface area contributed by atoms with Crippen molar-refractivity contribution in [3.63, 3.8) is 0 Å². The van der Waals surface area contributed by atoms with E-state index < -0.39 is 0 Å².